The molecule has 1 amide bonds. The molecule has 12 nitrogen and oxygen atoms in total. The van der Waals surface area contributed by atoms with E-state index in [1.807, 2.05) is 84.4 Å². The molecule has 12 heteroatoms. The third-order valence-electron chi connectivity index (χ3n) is 12.0. The van der Waals surface area contributed by atoms with Gasteiger partial charge in [0, 0.05) is 92.9 Å². The van der Waals surface area contributed by atoms with Crippen LogP contribution in [0.15, 0.2) is 84.9 Å². The summed E-state index contributed by atoms with van der Waals surface area (Å²) in [6.07, 6.45) is 1.19. The predicted octanol–water partition coefficient (Wildman–Crippen LogP) is 7.43. The summed E-state index contributed by atoms with van der Waals surface area (Å²) in [6, 6.07) is 28.6. The molecule has 60 heavy (non-hydrogen) atoms. The van der Waals surface area contributed by atoms with E-state index in [1.165, 1.54) is 0 Å². The second-order valence-electron chi connectivity index (χ2n) is 16.1. The van der Waals surface area contributed by atoms with Crippen molar-refractivity contribution in [1.82, 2.24) is 24.1 Å². The van der Waals surface area contributed by atoms with Crippen molar-refractivity contribution in [3.8, 4) is 22.6 Å². The number of piperazine rings is 1. The van der Waals surface area contributed by atoms with Gasteiger partial charge in [0.15, 0.2) is 0 Å². The van der Waals surface area contributed by atoms with Crippen molar-refractivity contribution < 1.29 is 28.9 Å². The highest BCUT2D eigenvalue weighted by Crippen LogP contribution is 2.39. The van der Waals surface area contributed by atoms with E-state index in [-0.39, 0.29) is 18.4 Å². The van der Waals surface area contributed by atoms with Crippen molar-refractivity contribution in [2.75, 3.05) is 70.5 Å². The highest BCUT2D eigenvalue weighted by molar-refractivity contribution is 6.04. The Morgan fingerprint density at radius 3 is 2.30 bits per heavy atom. The number of carboxylic acids is 1. The zero-order valence-corrected chi connectivity index (χ0v) is 35.2. The van der Waals surface area contributed by atoms with Gasteiger partial charge in [-0.2, -0.15) is 5.10 Å². The first-order valence-electron chi connectivity index (χ1n) is 21.3. The molecule has 0 bridgehead atoms. The number of aromatic carboxylic acids is 1. The molecule has 2 saturated heterocycles. The summed E-state index contributed by atoms with van der Waals surface area (Å²) in [5, 5.41) is 18.9. The molecule has 314 valence electrons. The Balaban J connectivity index is 1.06. The molecular formula is C48H56N6O6. The summed E-state index contributed by atoms with van der Waals surface area (Å²) in [5.74, 6) is 0.846. The number of hydrogen-bond acceptors (Lipinski definition) is 8. The Bertz CT molecular complexity index is 2450. The molecule has 1 N–H and O–H groups in total. The van der Waals surface area contributed by atoms with Crippen molar-refractivity contribution in [2.45, 2.75) is 46.8 Å². The topological polar surface area (TPSA) is 115 Å². The van der Waals surface area contributed by atoms with Gasteiger partial charge in [-0.15, -0.1) is 0 Å². The number of benzene rings is 4. The molecule has 0 radical (unpaired) electrons. The predicted molar refractivity (Wildman–Crippen MR) is 235 cm³/mol. The van der Waals surface area contributed by atoms with Crippen molar-refractivity contribution in [3.05, 3.63) is 108 Å². The van der Waals surface area contributed by atoms with Crippen LogP contribution in [-0.2, 0) is 36.2 Å². The monoisotopic (exact) mass is 812 g/mol. The third-order valence-corrected chi connectivity index (χ3v) is 12.0. The fourth-order valence-corrected chi connectivity index (χ4v) is 8.90. The normalized spacial score (nSPS) is 15.0. The summed E-state index contributed by atoms with van der Waals surface area (Å²) < 4.78 is 22.3. The summed E-state index contributed by atoms with van der Waals surface area (Å²) in [6.45, 7) is 13.8. The number of nitrogens with zero attached hydrogens (tertiary/aromatic N) is 6. The van der Waals surface area contributed by atoms with E-state index in [4.69, 9.17) is 19.3 Å². The molecule has 0 aliphatic carbocycles. The van der Waals surface area contributed by atoms with Crippen LogP contribution in [0.3, 0.4) is 0 Å². The van der Waals surface area contributed by atoms with Gasteiger partial charge in [-0.05, 0) is 61.0 Å². The molecule has 0 spiro atoms. The minimum atomic E-state index is -0.940. The number of carboxylic acid groups (broad SMARTS) is 1. The minimum absolute atomic E-state index is 0.00740. The number of aromatic nitrogens is 3. The maximum atomic E-state index is 13.4. The van der Waals surface area contributed by atoms with E-state index in [0.717, 1.165) is 106 Å². The fraction of sp³-hybridized carbons (Fsp3) is 0.396. The average Bonchev–Trinajstić information content (AvgIpc) is 3.75. The van der Waals surface area contributed by atoms with Crippen molar-refractivity contribution >= 4 is 39.2 Å². The Kier molecular flexibility index (Phi) is 12.4. The zero-order valence-electron chi connectivity index (χ0n) is 35.2. The van der Waals surface area contributed by atoms with Crippen LogP contribution in [0.2, 0.25) is 0 Å². The quantitative estimate of drug-likeness (QED) is 0.106. The number of carbonyl (C=O) groups excluding carboxylic acids is 1. The lowest BCUT2D eigenvalue weighted by Gasteiger charge is -2.37. The minimum Gasteiger partial charge on any atom is -0.493 e. The summed E-state index contributed by atoms with van der Waals surface area (Å²) >= 11 is 0. The van der Waals surface area contributed by atoms with Crippen molar-refractivity contribution in [2.24, 2.45) is 13.0 Å². The van der Waals surface area contributed by atoms with E-state index >= 15 is 0 Å². The number of fused-ring (bicyclic) bond motifs is 2. The van der Waals surface area contributed by atoms with Gasteiger partial charge in [0.1, 0.15) is 23.8 Å². The van der Waals surface area contributed by atoms with Gasteiger partial charge in [0.05, 0.1) is 36.7 Å². The number of para-hydroxylation sites is 1. The molecule has 4 heterocycles. The summed E-state index contributed by atoms with van der Waals surface area (Å²) in [5.41, 5.74) is 6.76. The number of ether oxygens (including phenoxy) is 3. The largest absolute Gasteiger partial charge is 0.493 e. The number of hydrogen-bond donors (Lipinski definition) is 1. The Morgan fingerprint density at radius 2 is 1.55 bits per heavy atom. The van der Waals surface area contributed by atoms with Crippen molar-refractivity contribution in [3.63, 3.8) is 0 Å². The van der Waals surface area contributed by atoms with Crippen LogP contribution in [-0.4, -0.2) is 107 Å². The number of rotatable bonds is 15. The van der Waals surface area contributed by atoms with Crippen LogP contribution < -0.4 is 14.4 Å². The second kappa shape index (κ2) is 18.2. The lowest BCUT2D eigenvalue weighted by molar-refractivity contribution is -0.134. The van der Waals surface area contributed by atoms with Crippen LogP contribution in [0.25, 0.3) is 32.8 Å². The Morgan fingerprint density at radius 1 is 0.833 bits per heavy atom. The first-order chi connectivity index (χ1) is 29.2. The average molecular weight is 813 g/mol. The molecule has 0 saturated carbocycles. The highest BCUT2D eigenvalue weighted by Gasteiger charge is 2.28. The molecular weight excluding hydrogens is 757 g/mol. The van der Waals surface area contributed by atoms with Crippen molar-refractivity contribution in [1.29, 1.82) is 0 Å². The third kappa shape index (κ3) is 8.57. The second-order valence-corrected chi connectivity index (χ2v) is 16.1. The SMILES string of the molecule is Cc1nn(C)c(COc2ccc(N3CCN(C(=O)C(C)C)CC3)cc2)c1-c1cccc2c(CCCOc3cccc4ccccc34)c(C(=O)O)n(CCN3CCOCC3)c12. The zero-order chi connectivity index (χ0) is 41.8. The maximum Gasteiger partial charge on any atom is 0.352 e. The van der Waals surface area contributed by atoms with Crippen LogP contribution in [0.1, 0.15) is 47.7 Å². The summed E-state index contributed by atoms with van der Waals surface area (Å²) in [4.78, 5) is 32.5. The van der Waals surface area contributed by atoms with Crippen LogP contribution >= 0.6 is 0 Å². The fourth-order valence-electron chi connectivity index (χ4n) is 8.90. The number of anilines is 1. The smallest absolute Gasteiger partial charge is 0.352 e. The maximum absolute atomic E-state index is 13.4. The lowest BCUT2D eigenvalue weighted by Crippen LogP contribution is -2.49. The van der Waals surface area contributed by atoms with E-state index < -0.39 is 5.97 Å². The molecule has 4 aromatic carbocycles. The van der Waals surface area contributed by atoms with Gasteiger partial charge in [0.25, 0.3) is 0 Å². The molecule has 6 aromatic rings. The van der Waals surface area contributed by atoms with Gasteiger partial charge >= 0.3 is 5.97 Å². The van der Waals surface area contributed by atoms with E-state index in [2.05, 4.69) is 52.3 Å². The molecule has 2 aliphatic heterocycles. The van der Waals surface area contributed by atoms with Gasteiger partial charge in [-0.25, -0.2) is 4.79 Å². The van der Waals surface area contributed by atoms with E-state index in [9.17, 15) is 14.7 Å². The number of amides is 1. The van der Waals surface area contributed by atoms with E-state index in [0.29, 0.717) is 51.4 Å². The molecule has 2 aliphatic rings. The molecule has 0 unspecified atom stereocenters. The number of aryl methyl sites for hydroxylation is 3. The first kappa shape index (κ1) is 40.9. The van der Waals surface area contributed by atoms with Crippen LogP contribution in [0.4, 0.5) is 5.69 Å². The standard InChI is InChI=1S/C48H56N6O6/c1-33(2)47(55)53-24-22-52(23-25-53)36-17-19-37(20-18-36)60-32-42-44(34(3)49-50(42)4)41-14-8-13-39-40(15-9-29-59-43-16-7-11-35-10-5-6-12-38(35)43)46(48(56)57)54(45(39)41)26-21-51-27-30-58-31-28-51/h5-8,10-14,16-20,33H,9,15,21-32H2,1-4H3,(H,56,57). The van der Waals surface area contributed by atoms with Gasteiger partial charge < -0.3 is 33.7 Å². The summed E-state index contributed by atoms with van der Waals surface area (Å²) in [7, 11) is 1.93. The molecule has 8 rings (SSSR count). The lowest BCUT2D eigenvalue weighted by atomic mass is 9.98. The first-order valence-corrected chi connectivity index (χ1v) is 21.3. The number of morpholine rings is 1. The Hall–Kier alpha value is -5.85. The molecule has 2 fully saturated rings. The Labute approximate surface area is 351 Å². The van der Waals surface area contributed by atoms with Gasteiger partial charge in [0.2, 0.25) is 5.91 Å². The molecule has 0 atom stereocenters. The van der Waals surface area contributed by atoms with Crippen LogP contribution in [0, 0.1) is 12.8 Å². The number of carbonyl (C=O) groups is 2. The molecule has 2 aromatic heterocycles. The highest BCUT2D eigenvalue weighted by atomic mass is 16.5. The van der Waals surface area contributed by atoms with Gasteiger partial charge in [-0.1, -0.05) is 68.4 Å². The van der Waals surface area contributed by atoms with Crippen LogP contribution in [0.5, 0.6) is 11.5 Å². The van der Waals surface area contributed by atoms with Gasteiger partial charge in [-0.3, -0.25) is 14.4 Å². The van der Waals surface area contributed by atoms with E-state index in [1.54, 1.807) is 0 Å².